The van der Waals surface area contributed by atoms with Crippen LogP contribution in [0.25, 0.3) is 11.3 Å². The third-order valence-corrected chi connectivity index (χ3v) is 5.88. The van der Waals surface area contributed by atoms with Gasteiger partial charge in [0.1, 0.15) is 5.82 Å². The van der Waals surface area contributed by atoms with E-state index in [1.54, 1.807) is 12.1 Å². The Kier molecular flexibility index (Phi) is 3.88. The molecular formula is C23H23N5. The van der Waals surface area contributed by atoms with Gasteiger partial charge in [-0.15, -0.1) is 0 Å². The molecule has 2 heterocycles. The van der Waals surface area contributed by atoms with Crippen LogP contribution in [0.3, 0.4) is 0 Å². The standard InChI is InChI=1S/C23H23N5/c24-18-8-5-16(11-19(18)25)2-1-15-3-6-17(7-4-15)21-13-26-22(28-21)20-12-23(9-10-23)14-27-20/h3-8,11,13,20,27H,9-10,12,14,24-25H2,(H,26,28)/t20-/m0/s1. The Morgan fingerprint density at radius 1 is 0.964 bits per heavy atom. The van der Waals surface area contributed by atoms with Gasteiger partial charge in [-0.2, -0.15) is 0 Å². The van der Waals surface area contributed by atoms with Gasteiger partial charge in [0.25, 0.3) is 0 Å². The van der Waals surface area contributed by atoms with Crippen molar-refractivity contribution in [1.29, 1.82) is 0 Å². The first-order chi connectivity index (χ1) is 13.6. The van der Waals surface area contributed by atoms with Crippen molar-refractivity contribution in [2.45, 2.75) is 25.3 Å². The van der Waals surface area contributed by atoms with E-state index in [9.17, 15) is 0 Å². The molecule has 1 saturated carbocycles. The van der Waals surface area contributed by atoms with Gasteiger partial charge in [0, 0.05) is 17.7 Å². The van der Waals surface area contributed by atoms with Crippen molar-refractivity contribution in [1.82, 2.24) is 15.3 Å². The number of nitrogens with one attached hydrogen (secondary N) is 2. The van der Waals surface area contributed by atoms with Gasteiger partial charge in [0.05, 0.1) is 29.3 Å². The molecule has 3 aromatic rings. The second-order valence-electron chi connectivity index (χ2n) is 7.99. The smallest absolute Gasteiger partial charge is 0.123 e. The first-order valence-corrected chi connectivity index (χ1v) is 9.66. The summed E-state index contributed by atoms with van der Waals surface area (Å²) >= 11 is 0. The molecule has 1 aliphatic carbocycles. The van der Waals surface area contributed by atoms with Crippen molar-refractivity contribution in [3.8, 4) is 23.1 Å². The lowest BCUT2D eigenvalue weighted by atomic mass is 10.0. The fourth-order valence-corrected chi connectivity index (χ4v) is 3.86. The molecule has 5 rings (SSSR count). The molecule has 2 aromatic carbocycles. The SMILES string of the molecule is Nc1ccc(C#Cc2ccc(-c3cnc([C@@H]4CC5(CC5)CN4)[nH]3)cc2)cc1N. The molecule has 1 aliphatic heterocycles. The molecule has 28 heavy (non-hydrogen) atoms. The number of nitrogens with zero attached hydrogens (tertiary/aromatic N) is 1. The molecule has 1 spiro atoms. The Bertz CT molecular complexity index is 1080. The lowest BCUT2D eigenvalue weighted by Crippen LogP contribution is -2.15. The average Bonchev–Trinajstić information content (AvgIpc) is 3.10. The zero-order valence-electron chi connectivity index (χ0n) is 15.6. The van der Waals surface area contributed by atoms with Crippen LogP contribution in [0.1, 0.15) is 42.3 Å². The maximum Gasteiger partial charge on any atom is 0.123 e. The first kappa shape index (κ1) is 16.9. The van der Waals surface area contributed by atoms with Gasteiger partial charge in [-0.25, -0.2) is 4.98 Å². The number of hydrogen-bond donors (Lipinski definition) is 4. The number of nitrogen functional groups attached to an aromatic ring is 2. The molecule has 0 bridgehead atoms. The van der Waals surface area contributed by atoms with Crippen molar-refractivity contribution in [2.75, 3.05) is 18.0 Å². The van der Waals surface area contributed by atoms with Gasteiger partial charge < -0.3 is 21.8 Å². The van der Waals surface area contributed by atoms with E-state index in [0.29, 0.717) is 22.8 Å². The molecule has 0 amide bonds. The fourth-order valence-electron chi connectivity index (χ4n) is 3.86. The van der Waals surface area contributed by atoms with Crippen molar-refractivity contribution in [3.05, 3.63) is 65.6 Å². The molecule has 2 aliphatic rings. The normalized spacial score (nSPS) is 19.4. The van der Waals surface area contributed by atoms with Gasteiger partial charge in [0.2, 0.25) is 0 Å². The van der Waals surface area contributed by atoms with Crippen LogP contribution in [0, 0.1) is 17.3 Å². The number of hydrogen-bond acceptors (Lipinski definition) is 4. The zero-order chi connectivity index (χ0) is 19.1. The zero-order valence-corrected chi connectivity index (χ0v) is 15.6. The van der Waals surface area contributed by atoms with Gasteiger partial charge in [-0.1, -0.05) is 24.0 Å². The highest BCUT2D eigenvalue weighted by Gasteiger charge is 2.49. The van der Waals surface area contributed by atoms with Gasteiger partial charge >= 0.3 is 0 Å². The summed E-state index contributed by atoms with van der Waals surface area (Å²) < 4.78 is 0. The Balaban J connectivity index is 1.30. The van der Waals surface area contributed by atoms with E-state index in [4.69, 9.17) is 11.5 Å². The lowest BCUT2D eigenvalue weighted by Gasteiger charge is -2.06. The predicted molar refractivity (Wildman–Crippen MR) is 112 cm³/mol. The van der Waals surface area contributed by atoms with Crippen molar-refractivity contribution in [2.24, 2.45) is 5.41 Å². The van der Waals surface area contributed by atoms with Crippen molar-refractivity contribution >= 4 is 11.4 Å². The number of H-pyrrole nitrogens is 1. The highest BCUT2D eigenvalue weighted by Crippen LogP contribution is 2.54. The van der Waals surface area contributed by atoms with Crippen LogP contribution in [0.5, 0.6) is 0 Å². The maximum atomic E-state index is 5.83. The van der Waals surface area contributed by atoms with E-state index in [0.717, 1.165) is 34.8 Å². The number of imidazole rings is 1. The van der Waals surface area contributed by atoms with Crippen LogP contribution < -0.4 is 16.8 Å². The summed E-state index contributed by atoms with van der Waals surface area (Å²) in [5.41, 5.74) is 17.2. The van der Waals surface area contributed by atoms with E-state index >= 15 is 0 Å². The molecule has 6 N–H and O–H groups in total. The number of aromatic nitrogens is 2. The highest BCUT2D eigenvalue weighted by atomic mass is 15.1. The third-order valence-electron chi connectivity index (χ3n) is 5.88. The molecule has 0 unspecified atom stereocenters. The van der Waals surface area contributed by atoms with Crippen molar-refractivity contribution < 1.29 is 0 Å². The summed E-state index contributed by atoms with van der Waals surface area (Å²) in [4.78, 5) is 8.10. The number of anilines is 2. The molecule has 0 radical (unpaired) electrons. The number of benzene rings is 2. The minimum Gasteiger partial charge on any atom is -0.397 e. The fraction of sp³-hybridized carbons (Fsp3) is 0.261. The Hall–Kier alpha value is -3.23. The van der Waals surface area contributed by atoms with Gasteiger partial charge in [-0.3, -0.25) is 0 Å². The second kappa shape index (κ2) is 6.43. The molecule has 1 aromatic heterocycles. The van der Waals surface area contributed by atoms with Crippen LogP contribution in [0.4, 0.5) is 11.4 Å². The minimum absolute atomic E-state index is 0.355. The van der Waals surface area contributed by atoms with Crippen LogP contribution >= 0.6 is 0 Å². The molecule has 1 saturated heterocycles. The monoisotopic (exact) mass is 369 g/mol. The van der Waals surface area contributed by atoms with Crippen molar-refractivity contribution in [3.63, 3.8) is 0 Å². The van der Waals surface area contributed by atoms with E-state index in [2.05, 4.69) is 39.3 Å². The predicted octanol–water partition coefficient (Wildman–Crippen LogP) is 3.46. The number of rotatable bonds is 2. The lowest BCUT2D eigenvalue weighted by molar-refractivity contribution is 0.543. The molecule has 2 fully saturated rings. The largest absolute Gasteiger partial charge is 0.397 e. The summed E-state index contributed by atoms with van der Waals surface area (Å²) in [7, 11) is 0. The third kappa shape index (κ3) is 3.23. The van der Waals surface area contributed by atoms with Gasteiger partial charge in [0.15, 0.2) is 0 Å². The van der Waals surface area contributed by atoms with E-state index in [1.165, 1.54) is 19.3 Å². The summed E-state index contributed by atoms with van der Waals surface area (Å²) in [6, 6.07) is 14.0. The van der Waals surface area contributed by atoms with E-state index in [-0.39, 0.29) is 0 Å². The molecule has 5 nitrogen and oxygen atoms in total. The van der Waals surface area contributed by atoms with Gasteiger partial charge in [-0.05, 0) is 60.6 Å². The number of nitrogens with two attached hydrogens (primary N) is 2. The Morgan fingerprint density at radius 3 is 2.43 bits per heavy atom. The highest BCUT2D eigenvalue weighted by molar-refractivity contribution is 5.66. The quantitative estimate of drug-likeness (QED) is 0.411. The minimum atomic E-state index is 0.355. The summed E-state index contributed by atoms with van der Waals surface area (Å²) in [6.45, 7) is 1.13. The number of aromatic amines is 1. The molecule has 1 atom stereocenters. The second-order valence-corrected chi connectivity index (χ2v) is 7.99. The maximum absolute atomic E-state index is 5.83. The van der Waals surface area contributed by atoms with Crippen LogP contribution in [0.2, 0.25) is 0 Å². The Labute approximate surface area is 164 Å². The van der Waals surface area contributed by atoms with E-state index in [1.807, 2.05) is 24.4 Å². The summed E-state index contributed by atoms with van der Waals surface area (Å²) in [5, 5.41) is 3.61. The average molecular weight is 369 g/mol. The molecule has 5 heteroatoms. The summed E-state index contributed by atoms with van der Waals surface area (Å²) in [6.07, 6.45) is 5.84. The molecule has 140 valence electrons. The molecular weight excluding hydrogens is 346 g/mol. The first-order valence-electron chi connectivity index (χ1n) is 9.66. The Morgan fingerprint density at radius 2 is 1.71 bits per heavy atom. The summed E-state index contributed by atoms with van der Waals surface area (Å²) in [5.74, 6) is 7.34. The van der Waals surface area contributed by atoms with E-state index < -0.39 is 0 Å². The topological polar surface area (TPSA) is 92.7 Å². The van der Waals surface area contributed by atoms with Crippen LogP contribution in [-0.4, -0.2) is 16.5 Å². The van der Waals surface area contributed by atoms with Crippen LogP contribution in [0.15, 0.2) is 48.7 Å². The van der Waals surface area contributed by atoms with Crippen LogP contribution in [-0.2, 0) is 0 Å².